The molecule has 1 aromatic rings. The van der Waals surface area contributed by atoms with Crippen LogP contribution < -0.4 is 5.32 Å². The summed E-state index contributed by atoms with van der Waals surface area (Å²) in [6.07, 6.45) is 6.17. The van der Waals surface area contributed by atoms with Crippen molar-refractivity contribution >= 4 is 11.7 Å². The van der Waals surface area contributed by atoms with E-state index in [1.807, 2.05) is 10.7 Å². The molecule has 1 saturated carbocycles. The average molecular weight is 235 g/mol. The number of amides is 1. The fourth-order valence-corrected chi connectivity index (χ4v) is 2.35. The number of nitrogens with zero attached hydrogens (tertiary/aromatic N) is 2. The quantitative estimate of drug-likeness (QED) is 0.872. The van der Waals surface area contributed by atoms with Gasteiger partial charge in [-0.1, -0.05) is 26.7 Å². The molecule has 1 fully saturated rings. The van der Waals surface area contributed by atoms with Crippen molar-refractivity contribution in [3.8, 4) is 0 Å². The van der Waals surface area contributed by atoms with E-state index in [9.17, 15) is 4.79 Å². The Morgan fingerprint density at radius 2 is 2.24 bits per heavy atom. The van der Waals surface area contributed by atoms with E-state index in [-0.39, 0.29) is 11.8 Å². The molecule has 1 aromatic heterocycles. The summed E-state index contributed by atoms with van der Waals surface area (Å²) >= 11 is 0. The minimum atomic E-state index is 0.160. The van der Waals surface area contributed by atoms with E-state index < -0.39 is 0 Å². The molecule has 0 atom stereocenters. The van der Waals surface area contributed by atoms with Gasteiger partial charge in [0.25, 0.3) is 0 Å². The first-order valence-electron chi connectivity index (χ1n) is 6.49. The second-order valence-electron chi connectivity index (χ2n) is 5.26. The maximum absolute atomic E-state index is 12.0. The molecule has 0 spiro atoms. The molecular formula is C13H21N3O. The standard InChI is InChI=1S/C13H21N3O/c1-10(2)9-16-12(7-8-14-16)15-13(17)11-5-3-4-6-11/h7-8,10-11H,3-6,9H2,1-2H3,(H,15,17). The van der Waals surface area contributed by atoms with Crippen molar-refractivity contribution < 1.29 is 4.79 Å². The van der Waals surface area contributed by atoms with E-state index in [2.05, 4.69) is 24.3 Å². The van der Waals surface area contributed by atoms with Crippen LogP contribution in [0, 0.1) is 11.8 Å². The molecule has 0 radical (unpaired) electrons. The number of anilines is 1. The molecule has 1 aliphatic carbocycles. The lowest BCUT2D eigenvalue weighted by molar-refractivity contribution is -0.119. The largest absolute Gasteiger partial charge is 0.311 e. The van der Waals surface area contributed by atoms with Gasteiger partial charge in [0, 0.05) is 18.5 Å². The van der Waals surface area contributed by atoms with Crippen LogP contribution in [0.2, 0.25) is 0 Å². The molecule has 94 valence electrons. The van der Waals surface area contributed by atoms with Gasteiger partial charge in [-0.25, -0.2) is 4.68 Å². The van der Waals surface area contributed by atoms with Crippen LogP contribution in [0.15, 0.2) is 12.3 Å². The highest BCUT2D eigenvalue weighted by Gasteiger charge is 2.23. The highest BCUT2D eigenvalue weighted by molar-refractivity contribution is 5.91. The summed E-state index contributed by atoms with van der Waals surface area (Å²) in [5.41, 5.74) is 0. The molecule has 0 unspecified atom stereocenters. The summed E-state index contributed by atoms with van der Waals surface area (Å²) in [5, 5.41) is 7.24. The maximum atomic E-state index is 12.0. The zero-order valence-corrected chi connectivity index (χ0v) is 10.6. The van der Waals surface area contributed by atoms with Gasteiger partial charge in [0.2, 0.25) is 5.91 Å². The van der Waals surface area contributed by atoms with Crippen molar-refractivity contribution in [1.82, 2.24) is 9.78 Å². The number of hydrogen-bond acceptors (Lipinski definition) is 2. The van der Waals surface area contributed by atoms with Crippen LogP contribution in [0.5, 0.6) is 0 Å². The van der Waals surface area contributed by atoms with Crippen LogP contribution in [0.4, 0.5) is 5.82 Å². The second-order valence-corrected chi connectivity index (χ2v) is 5.26. The number of rotatable bonds is 4. The van der Waals surface area contributed by atoms with Gasteiger partial charge in [0.05, 0.1) is 6.20 Å². The Labute approximate surface area is 102 Å². The highest BCUT2D eigenvalue weighted by Crippen LogP contribution is 2.26. The molecule has 1 heterocycles. The normalized spacial score (nSPS) is 16.6. The molecule has 4 nitrogen and oxygen atoms in total. The second kappa shape index (κ2) is 5.34. The monoisotopic (exact) mass is 235 g/mol. The lowest BCUT2D eigenvalue weighted by Gasteiger charge is -2.13. The van der Waals surface area contributed by atoms with Crippen LogP contribution in [-0.4, -0.2) is 15.7 Å². The van der Waals surface area contributed by atoms with Gasteiger partial charge in [-0.15, -0.1) is 0 Å². The first-order valence-corrected chi connectivity index (χ1v) is 6.49. The number of carbonyl (C=O) groups is 1. The van der Waals surface area contributed by atoms with Crippen molar-refractivity contribution in [3.63, 3.8) is 0 Å². The van der Waals surface area contributed by atoms with E-state index in [4.69, 9.17) is 0 Å². The van der Waals surface area contributed by atoms with Crippen molar-refractivity contribution in [2.24, 2.45) is 11.8 Å². The average Bonchev–Trinajstić information content (AvgIpc) is 2.89. The van der Waals surface area contributed by atoms with Crippen molar-refractivity contribution in [2.45, 2.75) is 46.1 Å². The lowest BCUT2D eigenvalue weighted by atomic mass is 10.1. The molecule has 4 heteroatoms. The molecule has 0 aliphatic heterocycles. The summed E-state index contributed by atoms with van der Waals surface area (Å²) in [4.78, 5) is 12.0. The minimum Gasteiger partial charge on any atom is -0.311 e. The minimum absolute atomic E-state index is 0.160. The smallest absolute Gasteiger partial charge is 0.228 e. The van der Waals surface area contributed by atoms with E-state index in [1.165, 1.54) is 12.8 Å². The van der Waals surface area contributed by atoms with Gasteiger partial charge in [0.1, 0.15) is 5.82 Å². The van der Waals surface area contributed by atoms with Crippen molar-refractivity contribution in [2.75, 3.05) is 5.32 Å². The molecule has 0 saturated heterocycles. The third-order valence-electron chi connectivity index (χ3n) is 3.23. The molecule has 1 aliphatic rings. The predicted molar refractivity (Wildman–Crippen MR) is 67.7 cm³/mol. The van der Waals surface area contributed by atoms with E-state index in [0.29, 0.717) is 5.92 Å². The zero-order valence-electron chi connectivity index (χ0n) is 10.6. The van der Waals surface area contributed by atoms with Crippen LogP contribution in [0.1, 0.15) is 39.5 Å². The Balaban J connectivity index is 1.97. The Kier molecular flexibility index (Phi) is 3.82. The Hall–Kier alpha value is -1.32. The van der Waals surface area contributed by atoms with Gasteiger partial charge in [0.15, 0.2) is 0 Å². The molecule has 2 rings (SSSR count). The summed E-state index contributed by atoms with van der Waals surface area (Å²) in [6, 6.07) is 1.87. The van der Waals surface area contributed by atoms with Crippen LogP contribution in [-0.2, 0) is 11.3 Å². The summed E-state index contributed by atoms with van der Waals surface area (Å²) < 4.78 is 1.87. The van der Waals surface area contributed by atoms with E-state index in [1.54, 1.807) is 6.20 Å². The third-order valence-corrected chi connectivity index (χ3v) is 3.23. The molecular weight excluding hydrogens is 214 g/mol. The molecule has 17 heavy (non-hydrogen) atoms. The lowest BCUT2D eigenvalue weighted by Crippen LogP contribution is -2.22. The summed E-state index contributed by atoms with van der Waals surface area (Å²) in [6.45, 7) is 5.13. The Morgan fingerprint density at radius 3 is 2.88 bits per heavy atom. The number of aromatic nitrogens is 2. The number of nitrogens with one attached hydrogen (secondary N) is 1. The first-order chi connectivity index (χ1) is 8.16. The third kappa shape index (κ3) is 3.08. The summed E-state index contributed by atoms with van der Waals surface area (Å²) in [5.74, 6) is 1.72. The Bertz CT molecular complexity index is 378. The Morgan fingerprint density at radius 1 is 1.53 bits per heavy atom. The number of hydrogen-bond donors (Lipinski definition) is 1. The van der Waals surface area contributed by atoms with Crippen LogP contribution in [0.3, 0.4) is 0 Å². The molecule has 1 N–H and O–H groups in total. The van der Waals surface area contributed by atoms with Crippen molar-refractivity contribution in [1.29, 1.82) is 0 Å². The van der Waals surface area contributed by atoms with E-state index in [0.717, 1.165) is 25.2 Å². The van der Waals surface area contributed by atoms with Gasteiger partial charge in [-0.2, -0.15) is 5.10 Å². The number of carbonyl (C=O) groups excluding carboxylic acids is 1. The fraction of sp³-hybridized carbons (Fsp3) is 0.692. The molecule has 1 amide bonds. The topological polar surface area (TPSA) is 46.9 Å². The predicted octanol–water partition coefficient (Wildman–Crippen LogP) is 2.67. The van der Waals surface area contributed by atoms with Gasteiger partial charge in [-0.05, 0) is 18.8 Å². The van der Waals surface area contributed by atoms with E-state index >= 15 is 0 Å². The zero-order chi connectivity index (χ0) is 12.3. The highest BCUT2D eigenvalue weighted by atomic mass is 16.2. The fourth-order valence-electron chi connectivity index (χ4n) is 2.35. The first kappa shape index (κ1) is 12.1. The summed E-state index contributed by atoms with van der Waals surface area (Å²) in [7, 11) is 0. The van der Waals surface area contributed by atoms with Gasteiger partial charge >= 0.3 is 0 Å². The SMILES string of the molecule is CC(C)Cn1nccc1NC(=O)C1CCCC1. The van der Waals surface area contributed by atoms with Gasteiger partial charge < -0.3 is 5.32 Å². The van der Waals surface area contributed by atoms with Crippen LogP contribution in [0.25, 0.3) is 0 Å². The maximum Gasteiger partial charge on any atom is 0.228 e. The van der Waals surface area contributed by atoms with Crippen molar-refractivity contribution in [3.05, 3.63) is 12.3 Å². The molecule has 0 bridgehead atoms. The van der Waals surface area contributed by atoms with Crippen LogP contribution >= 0.6 is 0 Å². The molecule has 0 aromatic carbocycles. The van der Waals surface area contributed by atoms with Gasteiger partial charge in [-0.3, -0.25) is 4.79 Å².